The monoisotopic (exact) mass is 551 g/mol. The number of hydrogen-bond acceptors (Lipinski definition) is 4. The second-order valence-electron chi connectivity index (χ2n) is 12.2. The van der Waals surface area contributed by atoms with Gasteiger partial charge >= 0.3 is 6.09 Å². The Morgan fingerprint density at radius 1 is 0.950 bits per heavy atom. The van der Waals surface area contributed by atoms with Crippen LogP contribution in [-0.2, 0) is 20.7 Å². The summed E-state index contributed by atoms with van der Waals surface area (Å²) in [4.78, 5) is 43.3. The summed E-state index contributed by atoms with van der Waals surface area (Å²) in [7, 11) is 0. The smallest absolute Gasteiger partial charge is 0.408 e. The minimum Gasteiger partial charge on any atom is -0.444 e. The van der Waals surface area contributed by atoms with E-state index in [1.54, 1.807) is 25.7 Å². The Hall–Kier alpha value is -3.35. The van der Waals surface area contributed by atoms with E-state index in [2.05, 4.69) is 17.6 Å². The van der Waals surface area contributed by atoms with Crippen molar-refractivity contribution in [2.24, 2.45) is 0 Å². The number of nitrogens with zero attached hydrogens (tertiary/aromatic N) is 1. The van der Waals surface area contributed by atoms with Crippen LogP contribution in [-0.4, -0.2) is 46.5 Å². The molecule has 0 fully saturated rings. The van der Waals surface area contributed by atoms with Gasteiger partial charge in [-0.2, -0.15) is 0 Å². The lowest BCUT2D eigenvalue weighted by Crippen LogP contribution is -2.60. The van der Waals surface area contributed by atoms with Gasteiger partial charge < -0.3 is 20.3 Å². The molecule has 0 heterocycles. The van der Waals surface area contributed by atoms with Gasteiger partial charge in [-0.15, -0.1) is 0 Å². The maximum Gasteiger partial charge on any atom is 0.408 e. The molecule has 3 amide bonds. The van der Waals surface area contributed by atoms with E-state index in [-0.39, 0.29) is 18.2 Å². The molecule has 7 nitrogen and oxygen atoms in total. The van der Waals surface area contributed by atoms with E-state index in [1.807, 2.05) is 83.1 Å². The van der Waals surface area contributed by atoms with Crippen LogP contribution >= 0.6 is 0 Å². The zero-order chi connectivity index (χ0) is 30.1. The molecule has 40 heavy (non-hydrogen) atoms. The van der Waals surface area contributed by atoms with Gasteiger partial charge in [-0.25, -0.2) is 4.79 Å². The molecule has 2 aromatic carbocycles. The van der Waals surface area contributed by atoms with E-state index in [4.69, 9.17) is 4.74 Å². The number of ether oxygens (including phenoxy) is 1. The zero-order valence-corrected chi connectivity index (χ0v) is 25.9. The summed E-state index contributed by atoms with van der Waals surface area (Å²) in [5.41, 5.74) is 2.16. The topological polar surface area (TPSA) is 87.7 Å². The SMILES string of the molecule is CCCCNC(=O)C(c1cc(C)ccc1C)N(C(=O)C(Cc1ccccc1)NC(=O)OC(C)(C)C)C(C)(C)CC. The van der Waals surface area contributed by atoms with Crippen molar-refractivity contribution in [2.75, 3.05) is 6.54 Å². The number of unbranched alkanes of at least 4 members (excludes halogenated alkanes) is 1. The van der Waals surface area contributed by atoms with Crippen LogP contribution < -0.4 is 10.6 Å². The van der Waals surface area contributed by atoms with Gasteiger partial charge in [0.15, 0.2) is 0 Å². The van der Waals surface area contributed by atoms with Gasteiger partial charge in [0.1, 0.15) is 17.7 Å². The molecular formula is C33H49N3O4. The molecule has 2 atom stereocenters. The van der Waals surface area contributed by atoms with Gasteiger partial charge in [-0.05, 0) is 78.0 Å². The molecule has 2 aromatic rings. The van der Waals surface area contributed by atoms with Crippen molar-refractivity contribution in [3.8, 4) is 0 Å². The molecule has 0 bridgehead atoms. The number of benzene rings is 2. The second-order valence-corrected chi connectivity index (χ2v) is 12.2. The largest absolute Gasteiger partial charge is 0.444 e. The zero-order valence-electron chi connectivity index (χ0n) is 25.9. The molecule has 0 saturated carbocycles. The third kappa shape index (κ3) is 9.39. The van der Waals surface area contributed by atoms with Gasteiger partial charge in [0.25, 0.3) is 0 Å². The highest BCUT2D eigenvalue weighted by Gasteiger charge is 2.43. The molecule has 0 radical (unpaired) electrons. The highest BCUT2D eigenvalue weighted by Crippen LogP contribution is 2.34. The Morgan fingerprint density at radius 3 is 2.17 bits per heavy atom. The Morgan fingerprint density at radius 2 is 1.60 bits per heavy atom. The Bertz CT molecular complexity index is 1140. The van der Waals surface area contributed by atoms with Crippen molar-refractivity contribution in [3.63, 3.8) is 0 Å². The Kier molecular flexibility index (Phi) is 11.8. The quantitative estimate of drug-likeness (QED) is 0.298. The van der Waals surface area contributed by atoms with Crippen LogP contribution in [0.1, 0.15) is 96.0 Å². The number of carbonyl (C=O) groups excluding carboxylic acids is 3. The number of rotatable bonds is 12. The van der Waals surface area contributed by atoms with Crippen molar-refractivity contribution >= 4 is 17.9 Å². The van der Waals surface area contributed by atoms with Crippen LogP contribution in [0.25, 0.3) is 0 Å². The van der Waals surface area contributed by atoms with E-state index >= 15 is 0 Å². The molecule has 2 N–H and O–H groups in total. The molecule has 7 heteroatoms. The van der Waals surface area contributed by atoms with Crippen molar-refractivity contribution in [1.29, 1.82) is 0 Å². The number of amides is 3. The molecule has 0 aromatic heterocycles. The average molecular weight is 552 g/mol. The van der Waals surface area contributed by atoms with Gasteiger partial charge in [-0.3, -0.25) is 9.59 Å². The average Bonchev–Trinajstić information content (AvgIpc) is 2.87. The summed E-state index contributed by atoms with van der Waals surface area (Å²) < 4.78 is 5.54. The molecule has 220 valence electrons. The highest BCUT2D eigenvalue weighted by atomic mass is 16.6. The van der Waals surface area contributed by atoms with Crippen molar-refractivity contribution in [3.05, 3.63) is 70.8 Å². The first-order chi connectivity index (χ1) is 18.7. The lowest BCUT2D eigenvalue weighted by atomic mass is 9.89. The van der Waals surface area contributed by atoms with E-state index < -0.39 is 29.3 Å². The fourth-order valence-electron chi connectivity index (χ4n) is 4.55. The van der Waals surface area contributed by atoms with Crippen molar-refractivity contribution < 1.29 is 19.1 Å². The Labute approximate surface area is 241 Å². The van der Waals surface area contributed by atoms with Crippen LogP contribution in [0.4, 0.5) is 4.79 Å². The first-order valence-electron chi connectivity index (χ1n) is 14.4. The van der Waals surface area contributed by atoms with Gasteiger partial charge in [0, 0.05) is 18.5 Å². The lowest BCUT2D eigenvalue weighted by Gasteiger charge is -2.45. The summed E-state index contributed by atoms with van der Waals surface area (Å²) in [6.45, 7) is 17.8. The van der Waals surface area contributed by atoms with Crippen LogP contribution in [0.2, 0.25) is 0 Å². The van der Waals surface area contributed by atoms with Gasteiger partial charge in [0.2, 0.25) is 11.8 Å². The van der Waals surface area contributed by atoms with Gasteiger partial charge in [-0.1, -0.05) is 74.4 Å². The summed E-state index contributed by atoms with van der Waals surface area (Å²) in [6, 6.07) is 13.7. The summed E-state index contributed by atoms with van der Waals surface area (Å²) in [5, 5.41) is 5.91. The highest BCUT2D eigenvalue weighted by molar-refractivity contribution is 5.93. The van der Waals surface area contributed by atoms with Crippen LogP contribution in [0, 0.1) is 13.8 Å². The molecule has 2 unspecified atom stereocenters. The first-order valence-corrected chi connectivity index (χ1v) is 14.4. The van der Waals surface area contributed by atoms with Crippen molar-refractivity contribution in [2.45, 2.75) is 111 Å². The van der Waals surface area contributed by atoms with E-state index in [0.717, 1.165) is 35.1 Å². The molecule has 0 aliphatic heterocycles. The van der Waals surface area contributed by atoms with Crippen LogP contribution in [0.15, 0.2) is 48.5 Å². The third-order valence-corrected chi connectivity index (χ3v) is 7.09. The molecule has 0 aliphatic rings. The second kappa shape index (κ2) is 14.3. The maximum absolute atomic E-state index is 14.7. The lowest BCUT2D eigenvalue weighted by molar-refractivity contribution is -0.149. The predicted molar refractivity (Wildman–Crippen MR) is 161 cm³/mol. The standard InChI is InChI=1S/C33H49N3O4/c1-10-12-20-34-29(37)28(26-21-23(3)18-19-24(26)4)36(33(8,9)11-2)30(38)27(22-25-16-14-13-15-17-25)35-31(39)40-32(5,6)7/h13-19,21,27-28H,10-12,20,22H2,1-9H3,(H,34,37)(H,35,39). The molecule has 0 spiro atoms. The fourth-order valence-corrected chi connectivity index (χ4v) is 4.55. The first kappa shape index (κ1) is 32.9. The minimum absolute atomic E-state index is 0.229. The Balaban J connectivity index is 2.67. The normalized spacial score (nSPS) is 13.2. The predicted octanol–water partition coefficient (Wildman–Crippen LogP) is 6.41. The van der Waals surface area contributed by atoms with E-state index in [0.29, 0.717) is 13.0 Å². The van der Waals surface area contributed by atoms with E-state index in [1.165, 1.54) is 0 Å². The van der Waals surface area contributed by atoms with Crippen LogP contribution in [0.5, 0.6) is 0 Å². The van der Waals surface area contributed by atoms with Crippen molar-refractivity contribution in [1.82, 2.24) is 15.5 Å². The minimum atomic E-state index is -0.945. The molecular weight excluding hydrogens is 502 g/mol. The summed E-state index contributed by atoms with van der Waals surface area (Å²) >= 11 is 0. The van der Waals surface area contributed by atoms with Crippen LogP contribution in [0.3, 0.4) is 0 Å². The third-order valence-electron chi connectivity index (χ3n) is 7.09. The molecule has 0 aliphatic carbocycles. The number of aryl methyl sites for hydroxylation is 2. The molecule has 0 saturated heterocycles. The summed E-state index contributed by atoms with van der Waals surface area (Å²) in [5.74, 6) is -0.564. The van der Waals surface area contributed by atoms with E-state index in [9.17, 15) is 14.4 Å². The molecule has 2 rings (SSSR count). The number of nitrogens with one attached hydrogen (secondary N) is 2. The number of alkyl carbamates (subject to hydrolysis) is 1. The fraction of sp³-hybridized carbons (Fsp3) is 0.545. The number of hydrogen-bond donors (Lipinski definition) is 2. The van der Waals surface area contributed by atoms with Gasteiger partial charge in [0.05, 0.1) is 0 Å². The summed E-state index contributed by atoms with van der Waals surface area (Å²) in [6.07, 6.45) is 1.97. The maximum atomic E-state index is 14.7. The number of carbonyl (C=O) groups is 3.